The monoisotopic (exact) mass is 191 g/mol. The molecule has 1 fully saturated rings. The van der Waals surface area contributed by atoms with Gasteiger partial charge >= 0.3 is 0 Å². The molecule has 1 aromatic rings. The minimum absolute atomic E-state index is 0.258. The van der Waals surface area contributed by atoms with Gasteiger partial charge in [-0.05, 0) is 32.8 Å². The van der Waals surface area contributed by atoms with Crippen LogP contribution in [0.25, 0.3) is 0 Å². The molecule has 1 aliphatic heterocycles. The molecule has 0 aromatic carbocycles. The third kappa shape index (κ3) is 1.54. The van der Waals surface area contributed by atoms with Crippen LogP contribution in [0.5, 0.6) is 0 Å². The molecule has 1 aromatic heterocycles. The van der Waals surface area contributed by atoms with E-state index < -0.39 is 0 Å². The van der Waals surface area contributed by atoms with Crippen molar-refractivity contribution in [2.24, 2.45) is 0 Å². The Morgan fingerprint density at radius 3 is 2.86 bits per heavy atom. The quantitative estimate of drug-likeness (QED) is 0.738. The van der Waals surface area contributed by atoms with E-state index in [-0.39, 0.29) is 5.54 Å². The van der Waals surface area contributed by atoms with E-state index in [2.05, 4.69) is 23.7 Å². The summed E-state index contributed by atoms with van der Waals surface area (Å²) in [4.78, 5) is 6.42. The van der Waals surface area contributed by atoms with Crippen LogP contribution in [0.3, 0.4) is 0 Å². The van der Waals surface area contributed by atoms with Crippen molar-refractivity contribution in [2.45, 2.75) is 32.2 Å². The van der Waals surface area contributed by atoms with E-state index in [4.69, 9.17) is 5.73 Å². The van der Waals surface area contributed by atoms with E-state index in [1.807, 2.05) is 12.1 Å². The van der Waals surface area contributed by atoms with Gasteiger partial charge in [-0.3, -0.25) is 0 Å². The van der Waals surface area contributed by atoms with Gasteiger partial charge < -0.3 is 10.6 Å². The summed E-state index contributed by atoms with van der Waals surface area (Å²) in [5, 5.41) is 0. The zero-order chi connectivity index (χ0) is 10.2. The Hall–Kier alpha value is -1.25. The van der Waals surface area contributed by atoms with Gasteiger partial charge in [0.2, 0.25) is 0 Å². The van der Waals surface area contributed by atoms with Gasteiger partial charge in [0.05, 0.1) is 0 Å². The highest BCUT2D eigenvalue weighted by Crippen LogP contribution is 2.33. The molecular formula is C11H17N3. The molecule has 3 heteroatoms. The average Bonchev–Trinajstić information content (AvgIpc) is 2.45. The highest BCUT2D eigenvalue weighted by Gasteiger charge is 2.31. The number of rotatable bonds is 1. The minimum atomic E-state index is 0.258. The molecule has 0 unspecified atom stereocenters. The first-order valence-electron chi connectivity index (χ1n) is 5.09. The van der Waals surface area contributed by atoms with Crippen LogP contribution in [0.2, 0.25) is 0 Å². The first kappa shape index (κ1) is 9.31. The van der Waals surface area contributed by atoms with E-state index in [1.54, 1.807) is 6.20 Å². The normalized spacial score (nSPS) is 20.0. The number of nitrogens with two attached hydrogens (primary N) is 1. The Morgan fingerprint density at radius 1 is 1.50 bits per heavy atom. The van der Waals surface area contributed by atoms with E-state index in [0.29, 0.717) is 5.82 Å². The molecule has 3 nitrogen and oxygen atoms in total. The fourth-order valence-electron chi connectivity index (χ4n) is 2.19. The summed E-state index contributed by atoms with van der Waals surface area (Å²) in [6.07, 6.45) is 4.28. The topological polar surface area (TPSA) is 42.2 Å². The molecule has 2 heterocycles. The van der Waals surface area contributed by atoms with E-state index in [0.717, 1.165) is 6.54 Å². The van der Waals surface area contributed by atoms with Crippen LogP contribution in [0, 0.1) is 0 Å². The number of nitrogens with zero attached hydrogens (tertiary/aromatic N) is 2. The summed E-state index contributed by atoms with van der Waals surface area (Å²) in [7, 11) is 0. The molecule has 0 amide bonds. The van der Waals surface area contributed by atoms with Crippen molar-refractivity contribution in [3.05, 3.63) is 18.3 Å². The van der Waals surface area contributed by atoms with Crippen molar-refractivity contribution in [3.63, 3.8) is 0 Å². The van der Waals surface area contributed by atoms with Gasteiger partial charge in [0.15, 0.2) is 0 Å². The molecule has 0 saturated carbocycles. The van der Waals surface area contributed by atoms with Crippen LogP contribution in [0.1, 0.15) is 26.7 Å². The van der Waals surface area contributed by atoms with Gasteiger partial charge in [-0.25, -0.2) is 4.98 Å². The van der Waals surface area contributed by atoms with Crippen LogP contribution in [0.15, 0.2) is 18.3 Å². The van der Waals surface area contributed by atoms with E-state index in [1.165, 1.54) is 18.5 Å². The van der Waals surface area contributed by atoms with Gasteiger partial charge in [-0.15, -0.1) is 0 Å². The molecule has 0 bridgehead atoms. The number of hydrogen-bond donors (Lipinski definition) is 1. The lowest BCUT2D eigenvalue weighted by atomic mass is 10.0. The third-order valence-electron chi connectivity index (χ3n) is 2.98. The summed E-state index contributed by atoms with van der Waals surface area (Å²) < 4.78 is 0. The molecule has 0 atom stereocenters. The van der Waals surface area contributed by atoms with Crippen molar-refractivity contribution in [1.29, 1.82) is 0 Å². The lowest BCUT2D eigenvalue weighted by Gasteiger charge is -2.33. The second-order valence-corrected chi connectivity index (χ2v) is 4.51. The zero-order valence-corrected chi connectivity index (χ0v) is 8.83. The molecule has 0 aliphatic carbocycles. The van der Waals surface area contributed by atoms with Gasteiger partial charge in [-0.1, -0.05) is 0 Å². The summed E-state index contributed by atoms with van der Waals surface area (Å²) >= 11 is 0. The van der Waals surface area contributed by atoms with Crippen LogP contribution in [-0.2, 0) is 0 Å². The van der Waals surface area contributed by atoms with Gasteiger partial charge in [0.25, 0.3) is 0 Å². The maximum atomic E-state index is 5.68. The molecule has 1 saturated heterocycles. The molecule has 14 heavy (non-hydrogen) atoms. The van der Waals surface area contributed by atoms with Gasteiger partial charge in [0.1, 0.15) is 5.82 Å². The summed E-state index contributed by atoms with van der Waals surface area (Å²) in [5.74, 6) is 0.602. The van der Waals surface area contributed by atoms with Crippen molar-refractivity contribution in [2.75, 3.05) is 17.2 Å². The summed E-state index contributed by atoms with van der Waals surface area (Å²) in [6, 6.07) is 3.98. The Balaban J connectivity index is 2.31. The number of aromatic nitrogens is 1. The van der Waals surface area contributed by atoms with Crippen LogP contribution < -0.4 is 10.6 Å². The van der Waals surface area contributed by atoms with Crippen molar-refractivity contribution < 1.29 is 0 Å². The number of hydrogen-bond acceptors (Lipinski definition) is 3. The highest BCUT2D eigenvalue weighted by atomic mass is 15.2. The largest absolute Gasteiger partial charge is 0.384 e. The van der Waals surface area contributed by atoms with Crippen molar-refractivity contribution in [3.8, 4) is 0 Å². The first-order chi connectivity index (χ1) is 6.59. The smallest absolute Gasteiger partial charge is 0.125 e. The average molecular weight is 191 g/mol. The highest BCUT2D eigenvalue weighted by molar-refractivity contribution is 5.54. The lowest BCUT2D eigenvalue weighted by Crippen LogP contribution is -2.38. The zero-order valence-electron chi connectivity index (χ0n) is 8.83. The first-order valence-corrected chi connectivity index (χ1v) is 5.09. The van der Waals surface area contributed by atoms with E-state index in [9.17, 15) is 0 Å². The number of pyridine rings is 1. The molecule has 76 valence electrons. The number of nitrogen functional groups attached to an aromatic ring is 1. The summed E-state index contributed by atoms with van der Waals surface area (Å²) in [6.45, 7) is 5.67. The molecule has 0 spiro atoms. The second kappa shape index (κ2) is 3.15. The number of anilines is 2. The predicted molar refractivity (Wildman–Crippen MR) is 59.3 cm³/mol. The van der Waals surface area contributed by atoms with Crippen LogP contribution >= 0.6 is 0 Å². The molecule has 1 aliphatic rings. The molecule has 0 radical (unpaired) electrons. The third-order valence-corrected chi connectivity index (χ3v) is 2.98. The van der Waals surface area contributed by atoms with Crippen LogP contribution in [-0.4, -0.2) is 17.1 Å². The Kier molecular flexibility index (Phi) is 2.10. The second-order valence-electron chi connectivity index (χ2n) is 4.51. The predicted octanol–water partition coefficient (Wildman–Crippen LogP) is 2.04. The Labute approximate surface area is 84.9 Å². The van der Waals surface area contributed by atoms with Crippen molar-refractivity contribution >= 4 is 11.5 Å². The maximum Gasteiger partial charge on any atom is 0.125 e. The minimum Gasteiger partial charge on any atom is -0.384 e. The standard InChI is InChI=1S/C11H17N3/c1-11(2)5-3-7-14(11)9-4-6-13-10(12)8-9/h4,6,8H,3,5,7H2,1-2H3,(H2,12,13). The molecule has 2 N–H and O–H groups in total. The Bertz CT molecular complexity index is 333. The SMILES string of the molecule is CC1(C)CCCN1c1ccnc(N)c1. The molecular weight excluding hydrogens is 174 g/mol. The van der Waals surface area contributed by atoms with E-state index >= 15 is 0 Å². The van der Waals surface area contributed by atoms with Crippen molar-refractivity contribution in [1.82, 2.24) is 4.98 Å². The lowest BCUT2D eigenvalue weighted by molar-refractivity contribution is 0.518. The fourth-order valence-corrected chi connectivity index (χ4v) is 2.19. The van der Waals surface area contributed by atoms with Gasteiger partial charge in [0, 0.05) is 30.0 Å². The molecule has 2 rings (SSSR count). The van der Waals surface area contributed by atoms with Gasteiger partial charge in [-0.2, -0.15) is 0 Å². The fraction of sp³-hybridized carbons (Fsp3) is 0.545. The Morgan fingerprint density at radius 2 is 2.29 bits per heavy atom. The van der Waals surface area contributed by atoms with Crippen LogP contribution in [0.4, 0.5) is 11.5 Å². The maximum absolute atomic E-state index is 5.68. The summed E-state index contributed by atoms with van der Waals surface area (Å²) in [5.41, 5.74) is 7.13.